The topological polar surface area (TPSA) is 77.4 Å². The number of aliphatic hydroxyl groups excluding tert-OH is 2. The molecule has 15 heavy (non-hydrogen) atoms. The van der Waals surface area contributed by atoms with Gasteiger partial charge in [0.2, 0.25) is 0 Å². The molecule has 0 aromatic rings. The molecule has 2 N–H and O–H groups in total. The minimum Gasteiger partial charge on any atom is -0.385 e. The van der Waals surface area contributed by atoms with Crippen LogP contribution in [0.2, 0.25) is 0 Å². The first-order valence-corrected chi connectivity index (χ1v) is 4.71. The highest BCUT2D eigenvalue weighted by molar-refractivity contribution is 4.91. The van der Waals surface area contributed by atoms with Crippen molar-refractivity contribution in [2.24, 2.45) is 0 Å². The van der Waals surface area contributed by atoms with Gasteiger partial charge in [-0.15, -0.1) is 0 Å². The molecule has 0 saturated carbocycles. The van der Waals surface area contributed by atoms with Crippen LogP contribution >= 0.6 is 0 Å². The van der Waals surface area contributed by atoms with Crippen LogP contribution in [0, 0.1) is 0 Å². The van der Waals surface area contributed by atoms with Crippen LogP contribution in [-0.4, -0.2) is 68.9 Å². The third-order valence-electron chi connectivity index (χ3n) is 2.52. The normalized spacial score (nSPS) is 38.2. The zero-order chi connectivity index (χ0) is 11.4. The van der Waals surface area contributed by atoms with Gasteiger partial charge in [0.05, 0.1) is 6.61 Å². The summed E-state index contributed by atoms with van der Waals surface area (Å²) in [4.78, 5) is 0. The smallest absolute Gasteiger partial charge is 0.184 e. The van der Waals surface area contributed by atoms with Gasteiger partial charge in [-0.05, 0) is 0 Å². The van der Waals surface area contributed by atoms with E-state index in [0.29, 0.717) is 6.61 Å². The van der Waals surface area contributed by atoms with Crippen LogP contribution < -0.4 is 0 Å². The molecule has 0 aromatic heterocycles. The Morgan fingerprint density at radius 2 is 1.93 bits per heavy atom. The van der Waals surface area contributed by atoms with Crippen molar-refractivity contribution in [3.8, 4) is 0 Å². The number of methoxy groups -OCH3 is 3. The molecule has 6 heteroatoms. The van der Waals surface area contributed by atoms with Gasteiger partial charge in [-0.1, -0.05) is 0 Å². The van der Waals surface area contributed by atoms with Crippen molar-refractivity contribution < 1.29 is 29.2 Å². The first-order valence-electron chi connectivity index (χ1n) is 4.71. The maximum atomic E-state index is 9.54. The van der Waals surface area contributed by atoms with Gasteiger partial charge in [0, 0.05) is 21.3 Å². The van der Waals surface area contributed by atoms with E-state index in [2.05, 4.69) is 0 Å². The van der Waals surface area contributed by atoms with E-state index >= 15 is 0 Å². The molecule has 0 spiro atoms. The first-order chi connectivity index (χ1) is 7.15. The van der Waals surface area contributed by atoms with E-state index in [1.54, 1.807) is 0 Å². The summed E-state index contributed by atoms with van der Waals surface area (Å²) in [6, 6.07) is 0. The number of ether oxygens (including phenoxy) is 4. The Labute approximate surface area is 88.7 Å². The van der Waals surface area contributed by atoms with Crippen molar-refractivity contribution >= 4 is 0 Å². The van der Waals surface area contributed by atoms with Crippen LogP contribution in [0.4, 0.5) is 0 Å². The molecule has 5 atom stereocenters. The number of aliphatic hydroxyl groups is 2. The molecule has 1 rings (SSSR count). The summed E-state index contributed by atoms with van der Waals surface area (Å²) < 4.78 is 20.3. The van der Waals surface area contributed by atoms with Crippen molar-refractivity contribution in [1.82, 2.24) is 0 Å². The van der Waals surface area contributed by atoms with E-state index in [1.165, 1.54) is 21.3 Å². The zero-order valence-electron chi connectivity index (χ0n) is 9.12. The van der Waals surface area contributed by atoms with Gasteiger partial charge < -0.3 is 29.2 Å². The van der Waals surface area contributed by atoms with Gasteiger partial charge in [0.25, 0.3) is 0 Å². The van der Waals surface area contributed by atoms with E-state index in [0.717, 1.165) is 0 Å². The Bertz CT molecular complexity index is 187. The minimum absolute atomic E-state index is 0.306. The predicted octanol–water partition coefficient (Wildman–Crippen LogP) is -1.26. The molecule has 0 radical (unpaired) electrons. The molecule has 6 nitrogen and oxygen atoms in total. The lowest BCUT2D eigenvalue weighted by atomic mass is 10.1. The summed E-state index contributed by atoms with van der Waals surface area (Å²) in [6.07, 6.45) is -3.83. The SMILES string of the molecule is COC[C@@H](OC)[C@H]1O[C@@H](O)[C@H](O)[C@H]1OC. The fourth-order valence-corrected chi connectivity index (χ4v) is 1.71. The Hall–Kier alpha value is -0.240. The molecule has 0 aliphatic carbocycles. The maximum absolute atomic E-state index is 9.54. The number of hydrogen-bond acceptors (Lipinski definition) is 6. The third-order valence-corrected chi connectivity index (χ3v) is 2.52. The van der Waals surface area contributed by atoms with Crippen LogP contribution in [-0.2, 0) is 18.9 Å². The highest BCUT2D eigenvalue weighted by atomic mass is 16.7. The monoisotopic (exact) mass is 222 g/mol. The Morgan fingerprint density at radius 1 is 1.27 bits per heavy atom. The van der Waals surface area contributed by atoms with Crippen molar-refractivity contribution in [2.75, 3.05) is 27.9 Å². The van der Waals surface area contributed by atoms with E-state index in [9.17, 15) is 10.2 Å². The molecule has 0 bridgehead atoms. The van der Waals surface area contributed by atoms with Gasteiger partial charge in [0.15, 0.2) is 6.29 Å². The highest BCUT2D eigenvalue weighted by Crippen LogP contribution is 2.25. The molecule has 1 heterocycles. The molecule has 1 aliphatic rings. The van der Waals surface area contributed by atoms with Gasteiger partial charge in [-0.2, -0.15) is 0 Å². The average Bonchev–Trinajstić information content (AvgIpc) is 2.51. The van der Waals surface area contributed by atoms with Crippen LogP contribution in [0.5, 0.6) is 0 Å². The molecular formula is C9H18O6. The summed E-state index contributed by atoms with van der Waals surface area (Å²) >= 11 is 0. The summed E-state index contributed by atoms with van der Waals surface area (Å²) in [5.74, 6) is 0. The van der Waals surface area contributed by atoms with Crippen LogP contribution in [0.3, 0.4) is 0 Å². The predicted molar refractivity (Wildman–Crippen MR) is 50.4 cm³/mol. The zero-order valence-corrected chi connectivity index (χ0v) is 9.12. The molecule has 90 valence electrons. The molecule has 0 aromatic carbocycles. The Balaban J connectivity index is 2.66. The lowest BCUT2D eigenvalue weighted by Crippen LogP contribution is -2.43. The molecule has 0 amide bonds. The molecule has 1 fully saturated rings. The van der Waals surface area contributed by atoms with Crippen molar-refractivity contribution in [3.05, 3.63) is 0 Å². The maximum Gasteiger partial charge on any atom is 0.184 e. The van der Waals surface area contributed by atoms with E-state index < -0.39 is 24.6 Å². The lowest BCUT2D eigenvalue weighted by molar-refractivity contribution is -0.157. The Morgan fingerprint density at radius 3 is 2.40 bits per heavy atom. The van der Waals surface area contributed by atoms with E-state index in [1.807, 2.05) is 0 Å². The van der Waals surface area contributed by atoms with E-state index in [4.69, 9.17) is 18.9 Å². The molecular weight excluding hydrogens is 204 g/mol. The Kier molecular flexibility index (Phi) is 4.91. The summed E-state index contributed by atoms with van der Waals surface area (Å²) in [5, 5.41) is 18.9. The van der Waals surface area contributed by atoms with Crippen LogP contribution in [0.1, 0.15) is 0 Å². The third kappa shape index (κ3) is 2.66. The standard InChI is InChI=1S/C9H18O6/c1-12-4-5(13-2)7-8(14-3)6(10)9(11)15-7/h5-11H,4H2,1-3H3/t5-,6-,7-,8-,9-/m1/s1. The lowest BCUT2D eigenvalue weighted by Gasteiger charge is -2.25. The quantitative estimate of drug-likeness (QED) is 0.604. The largest absolute Gasteiger partial charge is 0.385 e. The second-order valence-electron chi connectivity index (χ2n) is 3.41. The summed E-state index contributed by atoms with van der Waals surface area (Å²) in [7, 11) is 4.49. The fourth-order valence-electron chi connectivity index (χ4n) is 1.71. The summed E-state index contributed by atoms with van der Waals surface area (Å²) in [6.45, 7) is 0.306. The fraction of sp³-hybridized carbons (Fsp3) is 1.00. The van der Waals surface area contributed by atoms with Gasteiger partial charge in [-0.25, -0.2) is 0 Å². The van der Waals surface area contributed by atoms with Crippen LogP contribution in [0.25, 0.3) is 0 Å². The van der Waals surface area contributed by atoms with Gasteiger partial charge in [-0.3, -0.25) is 0 Å². The second kappa shape index (κ2) is 5.74. The van der Waals surface area contributed by atoms with E-state index in [-0.39, 0.29) is 6.10 Å². The highest BCUT2D eigenvalue weighted by Gasteiger charge is 2.47. The van der Waals surface area contributed by atoms with Crippen LogP contribution in [0.15, 0.2) is 0 Å². The first kappa shape index (κ1) is 12.8. The van der Waals surface area contributed by atoms with Crippen molar-refractivity contribution in [3.63, 3.8) is 0 Å². The second-order valence-corrected chi connectivity index (χ2v) is 3.41. The van der Waals surface area contributed by atoms with Gasteiger partial charge >= 0.3 is 0 Å². The van der Waals surface area contributed by atoms with Gasteiger partial charge in [0.1, 0.15) is 24.4 Å². The average molecular weight is 222 g/mol. The molecule has 1 aliphatic heterocycles. The minimum atomic E-state index is -1.24. The molecule has 1 saturated heterocycles. The number of rotatable bonds is 5. The summed E-state index contributed by atoms with van der Waals surface area (Å²) in [5.41, 5.74) is 0. The number of hydrogen-bond donors (Lipinski definition) is 2. The van der Waals surface area contributed by atoms with Crippen molar-refractivity contribution in [2.45, 2.75) is 30.7 Å². The van der Waals surface area contributed by atoms with Crippen molar-refractivity contribution in [1.29, 1.82) is 0 Å². The molecule has 0 unspecified atom stereocenters.